The van der Waals surface area contributed by atoms with Crippen LogP contribution in [0.4, 0.5) is 10.6 Å². The summed E-state index contributed by atoms with van der Waals surface area (Å²) in [6, 6.07) is 20.7. The molecular weight excluding hydrogens is 478 g/mol. The highest BCUT2D eigenvalue weighted by Gasteiger charge is 2.27. The maximum absolute atomic E-state index is 13.3. The van der Waals surface area contributed by atoms with Gasteiger partial charge in [0, 0.05) is 25.4 Å². The molecule has 8 heteroatoms. The maximum atomic E-state index is 13.3. The Balaban J connectivity index is 1.84. The van der Waals surface area contributed by atoms with E-state index >= 15 is 0 Å². The summed E-state index contributed by atoms with van der Waals surface area (Å²) in [6.45, 7) is 13.2. The predicted molar refractivity (Wildman–Crippen MR) is 151 cm³/mol. The third kappa shape index (κ3) is 6.31. The average molecular weight is 516 g/mol. The molecule has 8 nitrogen and oxygen atoms in total. The van der Waals surface area contributed by atoms with Crippen LogP contribution in [0.2, 0.25) is 0 Å². The Morgan fingerprint density at radius 1 is 0.947 bits per heavy atom. The fourth-order valence-corrected chi connectivity index (χ4v) is 4.23. The molecule has 0 atom stereocenters. The second-order valence-corrected chi connectivity index (χ2v) is 10.3. The lowest BCUT2D eigenvalue weighted by atomic mass is 10.1. The number of ether oxygens (including phenoxy) is 2. The highest BCUT2D eigenvalue weighted by Crippen LogP contribution is 2.31. The second kappa shape index (κ2) is 11.6. The molecule has 2 aromatic carbocycles. The molecule has 38 heavy (non-hydrogen) atoms. The van der Waals surface area contributed by atoms with Gasteiger partial charge in [0.25, 0.3) is 0 Å². The third-order valence-electron chi connectivity index (χ3n) is 6.15. The SMILES string of the molecule is CCOCN(C(=O)OC(C)(C)C)n1cnc2c(N(Cc3ccccc3)Cc3ccccc3)nc(C)c(C)c21. The highest BCUT2D eigenvalue weighted by atomic mass is 16.6. The zero-order valence-electron chi connectivity index (χ0n) is 23.1. The zero-order valence-corrected chi connectivity index (χ0v) is 23.1. The number of imidazole rings is 1. The van der Waals surface area contributed by atoms with Crippen molar-refractivity contribution in [1.82, 2.24) is 14.6 Å². The van der Waals surface area contributed by atoms with Gasteiger partial charge in [0.2, 0.25) is 0 Å². The molecule has 2 heterocycles. The van der Waals surface area contributed by atoms with Crippen LogP contribution in [-0.2, 0) is 22.6 Å². The van der Waals surface area contributed by atoms with Crippen molar-refractivity contribution < 1.29 is 14.3 Å². The number of hydrogen-bond acceptors (Lipinski definition) is 6. The third-order valence-corrected chi connectivity index (χ3v) is 6.15. The monoisotopic (exact) mass is 515 g/mol. The van der Waals surface area contributed by atoms with Crippen LogP contribution in [0, 0.1) is 13.8 Å². The first kappa shape index (κ1) is 27.1. The van der Waals surface area contributed by atoms with Gasteiger partial charge in [-0.15, -0.1) is 0 Å². The van der Waals surface area contributed by atoms with Crippen molar-refractivity contribution in [2.24, 2.45) is 0 Å². The van der Waals surface area contributed by atoms with Gasteiger partial charge < -0.3 is 14.4 Å². The van der Waals surface area contributed by atoms with Crippen LogP contribution >= 0.6 is 0 Å². The van der Waals surface area contributed by atoms with E-state index in [9.17, 15) is 4.79 Å². The van der Waals surface area contributed by atoms with Gasteiger partial charge >= 0.3 is 6.09 Å². The number of hydrogen-bond donors (Lipinski definition) is 0. The number of pyridine rings is 1. The van der Waals surface area contributed by atoms with Crippen LogP contribution in [-0.4, -0.2) is 39.7 Å². The smallest absolute Gasteiger partial charge is 0.431 e. The van der Waals surface area contributed by atoms with E-state index in [2.05, 4.69) is 29.2 Å². The largest absolute Gasteiger partial charge is 0.442 e. The van der Waals surface area contributed by atoms with Gasteiger partial charge in [-0.3, -0.25) is 0 Å². The summed E-state index contributed by atoms with van der Waals surface area (Å²) in [5, 5.41) is 1.44. The van der Waals surface area contributed by atoms with E-state index in [1.54, 1.807) is 11.0 Å². The van der Waals surface area contributed by atoms with Gasteiger partial charge in [0.15, 0.2) is 5.82 Å². The van der Waals surface area contributed by atoms with Gasteiger partial charge in [-0.25, -0.2) is 19.4 Å². The molecule has 4 aromatic rings. The molecule has 200 valence electrons. The Bertz CT molecular complexity index is 1320. The summed E-state index contributed by atoms with van der Waals surface area (Å²) >= 11 is 0. The molecule has 0 fully saturated rings. The molecule has 4 rings (SSSR count). The summed E-state index contributed by atoms with van der Waals surface area (Å²) < 4.78 is 13.1. The summed E-state index contributed by atoms with van der Waals surface area (Å²) in [7, 11) is 0. The molecule has 1 amide bonds. The lowest BCUT2D eigenvalue weighted by molar-refractivity contribution is 0.0430. The summed E-state index contributed by atoms with van der Waals surface area (Å²) in [5.74, 6) is 0.759. The number of carbonyl (C=O) groups is 1. The summed E-state index contributed by atoms with van der Waals surface area (Å²) in [4.78, 5) is 25.3. The molecule has 0 unspecified atom stereocenters. The van der Waals surface area contributed by atoms with E-state index in [4.69, 9.17) is 19.4 Å². The number of rotatable bonds is 9. The molecule has 0 aliphatic carbocycles. The lowest BCUT2D eigenvalue weighted by Crippen LogP contribution is -2.45. The van der Waals surface area contributed by atoms with E-state index < -0.39 is 11.7 Å². The van der Waals surface area contributed by atoms with Gasteiger partial charge in [-0.1, -0.05) is 60.7 Å². The molecule has 2 aromatic heterocycles. The van der Waals surface area contributed by atoms with E-state index in [1.165, 1.54) is 16.1 Å². The number of fused-ring (bicyclic) bond motifs is 1. The molecule has 0 bridgehead atoms. The van der Waals surface area contributed by atoms with Crippen molar-refractivity contribution in [2.45, 2.75) is 60.2 Å². The fourth-order valence-electron chi connectivity index (χ4n) is 4.23. The predicted octanol–water partition coefficient (Wildman–Crippen LogP) is 6.12. The minimum atomic E-state index is -0.655. The number of benzene rings is 2. The first-order valence-electron chi connectivity index (χ1n) is 12.9. The Labute approximate surface area is 224 Å². The molecule has 0 spiro atoms. The molecule has 0 aliphatic heterocycles. The van der Waals surface area contributed by atoms with Crippen molar-refractivity contribution in [3.8, 4) is 0 Å². The van der Waals surface area contributed by atoms with Crippen LogP contribution in [0.1, 0.15) is 50.1 Å². The number of aryl methyl sites for hydroxylation is 2. The summed E-state index contributed by atoms with van der Waals surface area (Å²) in [5.41, 5.74) is 4.99. The van der Waals surface area contributed by atoms with Crippen LogP contribution in [0.15, 0.2) is 67.0 Å². The van der Waals surface area contributed by atoms with Crippen molar-refractivity contribution in [3.05, 3.63) is 89.4 Å². The minimum absolute atomic E-state index is 0.0325. The van der Waals surface area contributed by atoms with Crippen LogP contribution in [0.25, 0.3) is 11.0 Å². The Kier molecular flexibility index (Phi) is 8.32. The van der Waals surface area contributed by atoms with Crippen molar-refractivity contribution in [3.63, 3.8) is 0 Å². The number of anilines is 1. The normalized spacial score (nSPS) is 11.5. The molecule has 0 aliphatic rings. The Morgan fingerprint density at radius 3 is 2.05 bits per heavy atom. The van der Waals surface area contributed by atoms with Crippen LogP contribution in [0.5, 0.6) is 0 Å². The quantitative estimate of drug-likeness (QED) is 0.250. The first-order chi connectivity index (χ1) is 18.2. The molecule has 0 saturated carbocycles. The highest BCUT2D eigenvalue weighted by molar-refractivity contribution is 5.92. The number of carbonyl (C=O) groups excluding carboxylic acids is 1. The van der Waals surface area contributed by atoms with Crippen LogP contribution in [0.3, 0.4) is 0 Å². The molecule has 0 saturated heterocycles. The first-order valence-corrected chi connectivity index (χ1v) is 12.9. The van der Waals surface area contributed by atoms with Crippen molar-refractivity contribution in [2.75, 3.05) is 23.2 Å². The van der Waals surface area contributed by atoms with Gasteiger partial charge in [0.1, 0.15) is 24.2 Å². The Hall–Kier alpha value is -3.91. The van der Waals surface area contributed by atoms with Crippen molar-refractivity contribution >= 4 is 22.9 Å². The van der Waals surface area contributed by atoms with Gasteiger partial charge in [-0.2, -0.15) is 5.01 Å². The van der Waals surface area contributed by atoms with E-state index in [1.807, 2.05) is 77.9 Å². The summed E-state index contributed by atoms with van der Waals surface area (Å²) in [6.07, 6.45) is 1.14. The standard InChI is InChI=1S/C30H37N5O3/c1-7-37-21-35(29(36)38-30(4,5)6)34-20-31-26-27(34)22(2)23(3)32-28(26)33(18-24-14-10-8-11-15-24)19-25-16-12-9-13-17-25/h8-17,20H,7,18-19,21H2,1-6H3. The van der Waals surface area contributed by atoms with Crippen molar-refractivity contribution in [1.29, 1.82) is 0 Å². The molecule has 0 radical (unpaired) electrons. The second-order valence-electron chi connectivity index (χ2n) is 10.3. The van der Waals surface area contributed by atoms with Gasteiger partial charge in [0.05, 0.1) is 5.52 Å². The zero-order chi connectivity index (χ0) is 27.3. The maximum Gasteiger partial charge on any atom is 0.431 e. The van der Waals surface area contributed by atoms with Crippen LogP contribution < -0.4 is 9.91 Å². The van der Waals surface area contributed by atoms with Gasteiger partial charge in [-0.05, 0) is 58.2 Å². The number of aromatic nitrogens is 3. The lowest BCUT2D eigenvalue weighted by Gasteiger charge is -2.29. The number of amides is 1. The minimum Gasteiger partial charge on any atom is -0.442 e. The topological polar surface area (TPSA) is 72.7 Å². The average Bonchev–Trinajstić information content (AvgIpc) is 3.31. The number of nitrogens with zero attached hydrogens (tertiary/aromatic N) is 5. The fraction of sp³-hybridized carbons (Fsp3) is 0.367. The molecular formula is C30H37N5O3. The Morgan fingerprint density at radius 2 is 1.53 bits per heavy atom. The molecule has 0 N–H and O–H groups in total. The van der Waals surface area contributed by atoms with E-state index in [-0.39, 0.29) is 6.73 Å². The van der Waals surface area contributed by atoms with E-state index in [0.29, 0.717) is 25.2 Å². The van der Waals surface area contributed by atoms with E-state index in [0.717, 1.165) is 22.6 Å².